The van der Waals surface area contributed by atoms with Gasteiger partial charge in [-0.1, -0.05) is 6.92 Å². The molecule has 1 amide bonds. The topological polar surface area (TPSA) is 69.7 Å². The van der Waals surface area contributed by atoms with Crippen LogP contribution in [0.1, 0.15) is 43.0 Å². The highest BCUT2D eigenvalue weighted by Gasteiger charge is 2.27. The highest BCUT2D eigenvalue weighted by Crippen LogP contribution is 2.21. The molecule has 2 aliphatic rings. The minimum absolute atomic E-state index is 0.145. The lowest BCUT2D eigenvalue weighted by Crippen LogP contribution is -2.40. The smallest absolute Gasteiger partial charge is 0.251 e. The lowest BCUT2D eigenvalue weighted by Gasteiger charge is -2.22. The summed E-state index contributed by atoms with van der Waals surface area (Å²) in [6, 6.07) is 6.69. The summed E-state index contributed by atoms with van der Waals surface area (Å²) in [5.74, 6) is -0.145. The van der Waals surface area contributed by atoms with E-state index in [1.807, 2.05) is 0 Å². The Balaban J connectivity index is 1.61. The SMILES string of the molecule is CCN1CCC[C@H]1CNC(=O)c1ccc(S(=O)(=O)N2CCCC2)cc1. The van der Waals surface area contributed by atoms with Crippen LogP contribution in [0.4, 0.5) is 0 Å². The second-order valence-electron chi connectivity index (χ2n) is 6.77. The average Bonchev–Trinajstić information content (AvgIpc) is 3.31. The molecule has 1 N–H and O–H groups in total. The van der Waals surface area contributed by atoms with Crippen molar-refractivity contribution >= 4 is 15.9 Å². The van der Waals surface area contributed by atoms with Crippen LogP contribution in [0, 0.1) is 0 Å². The normalized spacial score (nSPS) is 22.4. The third-order valence-corrected chi connectivity index (χ3v) is 7.14. The molecule has 0 aliphatic carbocycles. The van der Waals surface area contributed by atoms with E-state index < -0.39 is 10.0 Å². The lowest BCUT2D eigenvalue weighted by molar-refractivity contribution is 0.0941. The molecule has 0 unspecified atom stereocenters. The first-order chi connectivity index (χ1) is 12.0. The van der Waals surface area contributed by atoms with Crippen LogP contribution in [0.5, 0.6) is 0 Å². The molecule has 2 aliphatic heterocycles. The predicted molar refractivity (Wildman–Crippen MR) is 97.0 cm³/mol. The van der Waals surface area contributed by atoms with Crippen LogP contribution in [0.25, 0.3) is 0 Å². The molecule has 1 aromatic rings. The van der Waals surface area contributed by atoms with Gasteiger partial charge in [0.15, 0.2) is 0 Å². The van der Waals surface area contributed by atoms with E-state index in [1.165, 1.54) is 22.9 Å². The number of nitrogens with one attached hydrogen (secondary N) is 1. The zero-order valence-electron chi connectivity index (χ0n) is 14.8. The summed E-state index contributed by atoms with van der Waals surface area (Å²) >= 11 is 0. The molecule has 3 rings (SSSR count). The summed E-state index contributed by atoms with van der Waals surface area (Å²) in [6.45, 7) is 6.05. The number of rotatable bonds is 6. The van der Waals surface area contributed by atoms with E-state index in [2.05, 4.69) is 17.1 Å². The Morgan fingerprint density at radius 2 is 1.80 bits per heavy atom. The highest BCUT2D eigenvalue weighted by atomic mass is 32.2. The summed E-state index contributed by atoms with van der Waals surface area (Å²) in [7, 11) is -3.42. The number of amides is 1. The van der Waals surface area contributed by atoms with Crippen LogP contribution < -0.4 is 5.32 Å². The first kappa shape index (κ1) is 18.4. The molecule has 7 heteroatoms. The van der Waals surface area contributed by atoms with Crippen molar-refractivity contribution in [2.45, 2.75) is 43.5 Å². The fraction of sp³-hybridized carbons (Fsp3) is 0.611. The van der Waals surface area contributed by atoms with E-state index in [4.69, 9.17) is 0 Å². The molecule has 0 spiro atoms. The van der Waals surface area contributed by atoms with Crippen molar-refractivity contribution in [1.82, 2.24) is 14.5 Å². The minimum atomic E-state index is -3.42. The van der Waals surface area contributed by atoms with Gasteiger partial charge >= 0.3 is 0 Å². The summed E-state index contributed by atoms with van der Waals surface area (Å²) in [5.41, 5.74) is 0.501. The van der Waals surface area contributed by atoms with Gasteiger partial charge < -0.3 is 5.32 Å². The van der Waals surface area contributed by atoms with Gasteiger partial charge in [-0.2, -0.15) is 4.31 Å². The third-order valence-electron chi connectivity index (χ3n) is 5.22. The molecule has 25 heavy (non-hydrogen) atoms. The maximum atomic E-state index is 12.5. The maximum absolute atomic E-state index is 12.5. The van der Waals surface area contributed by atoms with Gasteiger partial charge in [0.25, 0.3) is 5.91 Å². The fourth-order valence-corrected chi connectivity index (χ4v) is 5.23. The van der Waals surface area contributed by atoms with E-state index in [-0.39, 0.29) is 10.8 Å². The van der Waals surface area contributed by atoms with Crippen LogP contribution in [0.15, 0.2) is 29.2 Å². The summed E-state index contributed by atoms with van der Waals surface area (Å²) in [5, 5.41) is 2.98. The quantitative estimate of drug-likeness (QED) is 0.833. The van der Waals surface area contributed by atoms with Crippen LogP contribution in [0.2, 0.25) is 0 Å². The van der Waals surface area contributed by atoms with Gasteiger partial charge in [-0.05, 0) is 63.0 Å². The highest BCUT2D eigenvalue weighted by molar-refractivity contribution is 7.89. The molecular weight excluding hydrogens is 338 g/mol. The van der Waals surface area contributed by atoms with Crippen molar-refractivity contribution in [3.8, 4) is 0 Å². The molecule has 0 aromatic heterocycles. The largest absolute Gasteiger partial charge is 0.350 e. The number of carbonyl (C=O) groups excluding carboxylic acids is 1. The number of likely N-dealkylation sites (tertiary alicyclic amines) is 1. The standard InChI is InChI=1S/C18H27N3O3S/c1-2-20-11-5-6-16(20)14-19-18(22)15-7-9-17(10-8-15)25(23,24)21-12-3-4-13-21/h7-10,16H,2-6,11-14H2,1H3,(H,19,22)/t16-/m0/s1. The van der Waals surface area contributed by atoms with Gasteiger partial charge in [0.05, 0.1) is 4.90 Å². The van der Waals surface area contributed by atoms with E-state index in [1.54, 1.807) is 12.1 Å². The van der Waals surface area contributed by atoms with E-state index in [9.17, 15) is 13.2 Å². The van der Waals surface area contributed by atoms with E-state index in [0.717, 1.165) is 32.4 Å². The number of hydrogen-bond acceptors (Lipinski definition) is 4. The van der Waals surface area contributed by atoms with Gasteiger partial charge in [0.2, 0.25) is 10.0 Å². The van der Waals surface area contributed by atoms with Gasteiger partial charge in [0.1, 0.15) is 0 Å². The second-order valence-corrected chi connectivity index (χ2v) is 8.71. The number of hydrogen-bond donors (Lipinski definition) is 1. The molecule has 0 radical (unpaired) electrons. The lowest BCUT2D eigenvalue weighted by atomic mass is 10.2. The van der Waals surface area contributed by atoms with Crippen LogP contribution in [-0.4, -0.2) is 62.3 Å². The average molecular weight is 365 g/mol. The molecule has 2 fully saturated rings. The molecule has 2 saturated heterocycles. The molecule has 0 bridgehead atoms. The molecular formula is C18H27N3O3S. The number of likely N-dealkylation sites (N-methyl/N-ethyl adjacent to an activating group) is 1. The van der Waals surface area contributed by atoms with Crippen molar-refractivity contribution in [3.63, 3.8) is 0 Å². The maximum Gasteiger partial charge on any atom is 0.251 e. The monoisotopic (exact) mass is 365 g/mol. The van der Waals surface area contributed by atoms with Gasteiger partial charge in [0, 0.05) is 31.2 Å². The zero-order valence-corrected chi connectivity index (χ0v) is 15.6. The Kier molecular flexibility index (Phi) is 5.76. The Morgan fingerprint density at radius 1 is 1.12 bits per heavy atom. The first-order valence-electron chi connectivity index (χ1n) is 9.15. The fourth-order valence-electron chi connectivity index (χ4n) is 3.71. The molecule has 6 nitrogen and oxygen atoms in total. The van der Waals surface area contributed by atoms with Crippen molar-refractivity contribution < 1.29 is 13.2 Å². The number of sulfonamides is 1. The molecule has 138 valence electrons. The van der Waals surface area contributed by atoms with Crippen molar-refractivity contribution in [2.24, 2.45) is 0 Å². The Labute approximate surface area is 150 Å². The van der Waals surface area contributed by atoms with E-state index in [0.29, 0.717) is 31.2 Å². The van der Waals surface area contributed by atoms with Gasteiger partial charge in [-0.25, -0.2) is 8.42 Å². The zero-order chi connectivity index (χ0) is 17.9. The number of nitrogens with zero attached hydrogens (tertiary/aromatic N) is 2. The first-order valence-corrected chi connectivity index (χ1v) is 10.6. The number of carbonyl (C=O) groups is 1. The molecule has 1 atom stereocenters. The second kappa shape index (κ2) is 7.85. The summed E-state index contributed by atoms with van der Waals surface area (Å²) in [6.07, 6.45) is 4.11. The molecule has 2 heterocycles. The van der Waals surface area contributed by atoms with Gasteiger partial charge in [-0.15, -0.1) is 0 Å². The minimum Gasteiger partial charge on any atom is -0.350 e. The summed E-state index contributed by atoms with van der Waals surface area (Å²) in [4.78, 5) is 15.0. The van der Waals surface area contributed by atoms with Gasteiger partial charge in [-0.3, -0.25) is 9.69 Å². The Morgan fingerprint density at radius 3 is 2.44 bits per heavy atom. The summed E-state index contributed by atoms with van der Waals surface area (Å²) < 4.78 is 26.5. The Hall–Kier alpha value is -1.44. The molecule has 1 aromatic carbocycles. The third kappa shape index (κ3) is 4.04. The van der Waals surface area contributed by atoms with Crippen LogP contribution in [-0.2, 0) is 10.0 Å². The Bertz CT molecular complexity index is 697. The van der Waals surface area contributed by atoms with Crippen molar-refractivity contribution in [1.29, 1.82) is 0 Å². The van der Waals surface area contributed by atoms with Crippen LogP contribution >= 0.6 is 0 Å². The van der Waals surface area contributed by atoms with Crippen LogP contribution in [0.3, 0.4) is 0 Å². The van der Waals surface area contributed by atoms with E-state index >= 15 is 0 Å². The van der Waals surface area contributed by atoms with Crippen molar-refractivity contribution in [3.05, 3.63) is 29.8 Å². The number of benzene rings is 1. The van der Waals surface area contributed by atoms with Crippen molar-refractivity contribution in [2.75, 3.05) is 32.7 Å². The molecule has 0 saturated carbocycles. The predicted octanol–water partition coefficient (Wildman–Crippen LogP) is 1.69.